The number of hydrogen-bond acceptors (Lipinski definition) is 5. The second-order valence-corrected chi connectivity index (χ2v) is 7.90. The summed E-state index contributed by atoms with van der Waals surface area (Å²) in [5.74, 6) is -0.486. The highest BCUT2D eigenvalue weighted by molar-refractivity contribution is 5.67. The predicted molar refractivity (Wildman–Crippen MR) is 110 cm³/mol. The Morgan fingerprint density at radius 1 is 1.14 bits per heavy atom. The lowest BCUT2D eigenvalue weighted by molar-refractivity contribution is -0.140. The van der Waals surface area contributed by atoms with Crippen molar-refractivity contribution in [3.8, 4) is 6.07 Å². The summed E-state index contributed by atoms with van der Waals surface area (Å²) < 4.78 is 0. The van der Waals surface area contributed by atoms with Crippen LogP contribution in [-0.4, -0.2) is 72.2 Å². The van der Waals surface area contributed by atoms with E-state index in [1.807, 2.05) is 24.3 Å². The van der Waals surface area contributed by atoms with Crippen LogP contribution in [0.5, 0.6) is 0 Å². The van der Waals surface area contributed by atoms with Gasteiger partial charge in [0.2, 0.25) is 0 Å². The van der Waals surface area contributed by atoms with Crippen LogP contribution in [0.3, 0.4) is 0 Å². The van der Waals surface area contributed by atoms with E-state index in [0.29, 0.717) is 17.6 Å². The molecule has 2 aliphatic rings. The number of carbonyl (C=O) groups is 1. The molecule has 0 amide bonds. The number of rotatable bonds is 6. The van der Waals surface area contributed by atoms with E-state index < -0.39 is 5.97 Å². The zero-order chi connectivity index (χ0) is 20.1. The summed E-state index contributed by atoms with van der Waals surface area (Å²) in [5, 5.41) is 18.5. The van der Waals surface area contributed by atoms with Crippen LogP contribution in [0, 0.1) is 17.2 Å². The lowest BCUT2D eigenvalue weighted by atomic mass is 9.80. The van der Waals surface area contributed by atoms with Crippen molar-refractivity contribution in [1.29, 1.82) is 5.26 Å². The molecule has 1 N–H and O–H groups in total. The number of piperazine rings is 1. The van der Waals surface area contributed by atoms with Crippen LogP contribution in [0.2, 0.25) is 0 Å². The van der Waals surface area contributed by atoms with E-state index in [1.165, 1.54) is 0 Å². The van der Waals surface area contributed by atoms with Crippen molar-refractivity contribution >= 4 is 11.7 Å². The van der Waals surface area contributed by atoms with Crippen molar-refractivity contribution in [2.45, 2.75) is 45.2 Å². The number of nitriles is 1. The van der Waals surface area contributed by atoms with E-state index in [0.717, 1.165) is 57.8 Å². The maximum absolute atomic E-state index is 11.6. The van der Waals surface area contributed by atoms with Gasteiger partial charge in [0, 0.05) is 49.9 Å². The highest BCUT2D eigenvalue weighted by atomic mass is 16.4. The van der Waals surface area contributed by atoms with Crippen LogP contribution in [-0.2, 0) is 4.79 Å². The fourth-order valence-corrected chi connectivity index (χ4v) is 5.14. The first-order valence-corrected chi connectivity index (χ1v) is 10.5. The molecule has 1 aromatic rings. The molecule has 3 unspecified atom stereocenters. The zero-order valence-electron chi connectivity index (χ0n) is 17.0. The Bertz CT molecular complexity index is 691. The first kappa shape index (κ1) is 20.6. The number of carboxylic acid groups (broad SMARTS) is 1. The molecule has 0 radical (unpaired) electrons. The minimum absolute atomic E-state index is 0.192. The van der Waals surface area contributed by atoms with Gasteiger partial charge in [-0.25, -0.2) is 0 Å². The molecule has 6 heteroatoms. The van der Waals surface area contributed by atoms with Crippen LogP contribution in [0.15, 0.2) is 24.3 Å². The van der Waals surface area contributed by atoms with Crippen molar-refractivity contribution in [2.24, 2.45) is 5.92 Å². The van der Waals surface area contributed by atoms with Gasteiger partial charge in [0.15, 0.2) is 0 Å². The third-order valence-corrected chi connectivity index (χ3v) is 6.55. The fraction of sp³-hybridized carbons (Fsp3) is 0.636. The van der Waals surface area contributed by atoms with Crippen LogP contribution >= 0.6 is 0 Å². The number of benzene rings is 1. The number of anilines is 1. The monoisotopic (exact) mass is 384 g/mol. The molecule has 2 aliphatic heterocycles. The number of aliphatic carboxylic acids is 1. The lowest BCUT2D eigenvalue weighted by Crippen LogP contribution is -2.60. The normalized spacial score (nSPS) is 26.8. The third kappa shape index (κ3) is 4.48. The van der Waals surface area contributed by atoms with Crippen LogP contribution < -0.4 is 4.90 Å². The molecule has 1 aromatic carbocycles. The summed E-state index contributed by atoms with van der Waals surface area (Å²) in [4.78, 5) is 18.9. The van der Waals surface area contributed by atoms with Gasteiger partial charge in [-0.1, -0.05) is 13.8 Å². The maximum Gasteiger partial charge on any atom is 0.303 e. The van der Waals surface area contributed by atoms with Gasteiger partial charge in [-0.2, -0.15) is 5.26 Å². The second kappa shape index (κ2) is 9.40. The molecule has 2 fully saturated rings. The predicted octanol–water partition coefficient (Wildman–Crippen LogP) is 2.64. The summed E-state index contributed by atoms with van der Waals surface area (Å²) in [6.45, 7) is 10.2. The van der Waals surface area contributed by atoms with Gasteiger partial charge in [0.05, 0.1) is 18.1 Å². The standard InChI is InChI=1S/C22H32N4O2/c1-3-20-19(15-22(27)28)21(9-10-24(20)4-2)26-13-11-25(12-14-26)18-7-5-17(16-23)6-8-18/h5-8,19-21H,3-4,9-15H2,1-2H3,(H,27,28). The number of nitrogens with zero attached hydrogens (tertiary/aromatic N) is 4. The van der Waals surface area contributed by atoms with Gasteiger partial charge in [-0.05, 0) is 50.2 Å². The molecule has 6 nitrogen and oxygen atoms in total. The Morgan fingerprint density at radius 2 is 1.82 bits per heavy atom. The lowest BCUT2D eigenvalue weighted by Gasteiger charge is -2.50. The Hall–Kier alpha value is -2.10. The van der Waals surface area contributed by atoms with Crippen LogP contribution in [0.4, 0.5) is 5.69 Å². The van der Waals surface area contributed by atoms with E-state index >= 15 is 0 Å². The summed E-state index contributed by atoms with van der Waals surface area (Å²) in [7, 11) is 0. The quantitative estimate of drug-likeness (QED) is 0.813. The molecular formula is C22H32N4O2. The molecule has 152 valence electrons. The molecule has 0 aromatic heterocycles. The van der Waals surface area contributed by atoms with Crippen molar-refractivity contribution in [2.75, 3.05) is 44.2 Å². The fourth-order valence-electron chi connectivity index (χ4n) is 5.14. The minimum Gasteiger partial charge on any atom is -0.481 e. The van der Waals surface area contributed by atoms with Gasteiger partial charge in [0.1, 0.15) is 0 Å². The van der Waals surface area contributed by atoms with Crippen molar-refractivity contribution in [3.63, 3.8) is 0 Å². The average molecular weight is 385 g/mol. The smallest absolute Gasteiger partial charge is 0.303 e. The molecule has 0 saturated carbocycles. The van der Waals surface area contributed by atoms with Crippen molar-refractivity contribution in [1.82, 2.24) is 9.80 Å². The third-order valence-electron chi connectivity index (χ3n) is 6.55. The summed E-state index contributed by atoms with van der Waals surface area (Å²) in [6, 6.07) is 10.7. The van der Waals surface area contributed by atoms with Crippen LogP contribution in [0.25, 0.3) is 0 Å². The number of hydrogen-bond donors (Lipinski definition) is 1. The summed E-state index contributed by atoms with van der Waals surface area (Å²) >= 11 is 0. The maximum atomic E-state index is 11.6. The Morgan fingerprint density at radius 3 is 2.36 bits per heavy atom. The largest absolute Gasteiger partial charge is 0.481 e. The van der Waals surface area contributed by atoms with Crippen molar-refractivity contribution in [3.05, 3.63) is 29.8 Å². The number of piperidine rings is 1. The van der Waals surface area contributed by atoms with Crippen LogP contribution in [0.1, 0.15) is 38.7 Å². The minimum atomic E-state index is -0.678. The van der Waals surface area contributed by atoms with E-state index in [-0.39, 0.29) is 12.3 Å². The van der Waals surface area contributed by atoms with E-state index in [2.05, 4.69) is 34.6 Å². The SMILES string of the molecule is CCC1C(CC(=O)O)C(N2CCN(c3ccc(C#N)cc3)CC2)CCN1CC. The highest BCUT2D eigenvalue weighted by Crippen LogP contribution is 2.33. The van der Waals surface area contributed by atoms with E-state index in [1.54, 1.807) is 0 Å². The molecule has 0 aliphatic carbocycles. The number of carboxylic acids is 1. The second-order valence-electron chi connectivity index (χ2n) is 7.90. The zero-order valence-corrected chi connectivity index (χ0v) is 17.0. The van der Waals surface area contributed by atoms with Gasteiger partial charge < -0.3 is 14.9 Å². The molecule has 3 atom stereocenters. The Kier molecular flexibility index (Phi) is 6.93. The molecule has 2 heterocycles. The van der Waals surface area contributed by atoms with Gasteiger partial charge in [-0.15, -0.1) is 0 Å². The Balaban J connectivity index is 1.67. The summed E-state index contributed by atoms with van der Waals surface area (Å²) in [6.07, 6.45) is 2.32. The first-order chi connectivity index (χ1) is 13.6. The molecule has 28 heavy (non-hydrogen) atoms. The van der Waals surface area contributed by atoms with E-state index in [9.17, 15) is 9.90 Å². The van der Waals surface area contributed by atoms with Crippen molar-refractivity contribution < 1.29 is 9.90 Å². The van der Waals surface area contributed by atoms with Gasteiger partial charge in [0.25, 0.3) is 0 Å². The molecule has 0 bridgehead atoms. The molecule has 2 saturated heterocycles. The topological polar surface area (TPSA) is 70.8 Å². The van der Waals surface area contributed by atoms with Gasteiger partial charge >= 0.3 is 5.97 Å². The Labute approximate surface area is 168 Å². The first-order valence-electron chi connectivity index (χ1n) is 10.5. The van der Waals surface area contributed by atoms with E-state index in [4.69, 9.17) is 5.26 Å². The molecule has 3 rings (SSSR count). The summed E-state index contributed by atoms with van der Waals surface area (Å²) in [5.41, 5.74) is 1.85. The molecule has 0 spiro atoms. The highest BCUT2D eigenvalue weighted by Gasteiger charge is 2.40. The van der Waals surface area contributed by atoms with Gasteiger partial charge in [-0.3, -0.25) is 9.69 Å². The average Bonchev–Trinajstić information content (AvgIpc) is 2.73. The molecular weight excluding hydrogens is 352 g/mol. The number of likely N-dealkylation sites (tertiary alicyclic amines) is 1.